The Hall–Kier alpha value is -1.62. The molecule has 3 saturated heterocycles. The SMILES string of the molecule is O=C(c1cc(N2CCCC2)ccn1)N1CCC12COC2. The second-order valence-electron chi connectivity index (χ2n) is 6.02. The summed E-state index contributed by atoms with van der Waals surface area (Å²) in [5.74, 6) is 0.0561. The summed E-state index contributed by atoms with van der Waals surface area (Å²) in [6, 6.07) is 3.94. The first-order chi connectivity index (χ1) is 9.78. The van der Waals surface area contributed by atoms with Gasteiger partial charge in [-0.15, -0.1) is 0 Å². The maximum absolute atomic E-state index is 12.6. The Morgan fingerprint density at radius 3 is 2.65 bits per heavy atom. The number of pyridine rings is 1. The van der Waals surface area contributed by atoms with Crippen LogP contribution >= 0.6 is 0 Å². The molecule has 1 spiro atoms. The van der Waals surface area contributed by atoms with Crippen molar-refractivity contribution in [2.24, 2.45) is 0 Å². The van der Waals surface area contributed by atoms with Crippen LogP contribution < -0.4 is 4.90 Å². The number of carbonyl (C=O) groups excluding carboxylic acids is 1. The highest BCUT2D eigenvalue weighted by atomic mass is 16.5. The number of aromatic nitrogens is 1. The van der Waals surface area contributed by atoms with Crippen molar-refractivity contribution in [1.29, 1.82) is 0 Å². The molecule has 4 rings (SSSR count). The third kappa shape index (κ3) is 1.73. The van der Waals surface area contributed by atoms with Crippen LogP contribution in [0.2, 0.25) is 0 Å². The Balaban J connectivity index is 1.55. The van der Waals surface area contributed by atoms with Gasteiger partial charge in [0, 0.05) is 31.5 Å². The number of nitrogens with zero attached hydrogens (tertiary/aromatic N) is 3. The number of anilines is 1. The van der Waals surface area contributed by atoms with Crippen LogP contribution in [0.3, 0.4) is 0 Å². The zero-order valence-corrected chi connectivity index (χ0v) is 11.5. The third-order valence-electron chi connectivity index (χ3n) is 4.79. The lowest BCUT2D eigenvalue weighted by atomic mass is 9.82. The van der Waals surface area contributed by atoms with E-state index in [1.54, 1.807) is 6.20 Å². The van der Waals surface area contributed by atoms with Crippen LogP contribution in [0.25, 0.3) is 0 Å². The largest absolute Gasteiger partial charge is 0.376 e. The normalized spacial score (nSPS) is 23.6. The lowest BCUT2D eigenvalue weighted by Gasteiger charge is -2.57. The molecule has 0 atom stereocenters. The van der Waals surface area contributed by atoms with E-state index in [9.17, 15) is 4.79 Å². The summed E-state index contributed by atoms with van der Waals surface area (Å²) in [7, 11) is 0. The van der Waals surface area contributed by atoms with Gasteiger partial charge in [-0.1, -0.05) is 0 Å². The topological polar surface area (TPSA) is 45.7 Å². The summed E-state index contributed by atoms with van der Waals surface area (Å²) in [5.41, 5.74) is 1.68. The van der Waals surface area contributed by atoms with Gasteiger partial charge in [-0.05, 0) is 31.4 Å². The van der Waals surface area contributed by atoms with Gasteiger partial charge in [0.2, 0.25) is 0 Å². The van der Waals surface area contributed by atoms with E-state index in [1.165, 1.54) is 12.8 Å². The lowest BCUT2D eigenvalue weighted by molar-refractivity contribution is -0.172. The van der Waals surface area contributed by atoms with Crippen LogP contribution in [0.4, 0.5) is 5.69 Å². The Bertz CT molecular complexity index is 530. The first-order valence-corrected chi connectivity index (χ1v) is 7.39. The van der Waals surface area contributed by atoms with Crippen LogP contribution in [0, 0.1) is 0 Å². The van der Waals surface area contributed by atoms with Gasteiger partial charge in [0.25, 0.3) is 5.91 Å². The fraction of sp³-hybridized carbons (Fsp3) is 0.600. The van der Waals surface area contributed by atoms with Crippen LogP contribution in [-0.2, 0) is 4.74 Å². The fourth-order valence-corrected chi connectivity index (χ4v) is 3.34. The average Bonchev–Trinajstić information content (AvgIpc) is 2.89. The molecule has 106 valence electrons. The second-order valence-corrected chi connectivity index (χ2v) is 6.02. The molecular formula is C15H19N3O2. The van der Waals surface area contributed by atoms with Crippen molar-refractivity contribution in [2.75, 3.05) is 37.7 Å². The summed E-state index contributed by atoms with van der Waals surface area (Å²) in [5, 5.41) is 0. The molecule has 0 bridgehead atoms. The number of rotatable bonds is 2. The molecule has 0 radical (unpaired) electrons. The number of carbonyl (C=O) groups is 1. The number of ether oxygens (including phenoxy) is 1. The molecule has 3 aliphatic rings. The molecule has 20 heavy (non-hydrogen) atoms. The molecule has 1 aromatic rings. The molecule has 1 aromatic heterocycles. The Morgan fingerprint density at radius 1 is 1.25 bits per heavy atom. The molecule has 5 nitrogen and oxygen atoms in total. The Labute approximate surface area is 118 Å². The van der Waals surface area contributed by atoms with Gasteiger partial charge in [-0.2, -0.15) is 0 Å². The van der Waals surface area contributed by atoms with E-state index < -0.39 is 0 Å². The van der Waals surface area contributed by atoms with Gasteiger partial charge in [0.15, 0.2) is 0 Å². The van der Waals surface area contributed by atoms with Crippen LogP contribution in [0.1, 0.15) is 29.8 Å². The number of likely N-dealkylation sites (tertiary alicyclic amines) is 1. The van der Waals surface area contributed by atoms with Crippen molar-refractivity contribution in [3.05, 3.63) is 24.0 Å². The zero-order chi connectivity index (χ0) is 13.6. The maximum atomic E-state index is 12.6. The van der Waals surface area contributed by atoms with E-state index in [0.29, 0.717) is 18.9 Å². The predicted octanol–water partition coefficient (Wildman–Crippen LogP) is 1.30. The highest BCUT2D eigenvalue weighted by Crippen LogP contribution is 2.38. The van der Waals surface area contributed by atoms with E-state index in [-0.39, 0.29) is 11.4 Å². The Morgan fingerprint density at radius 2 is 2.05 bits per heavy atom. The minimum absolute atomic E-state index is 0.0115. The molecule has 0 saturated carbocycles. The number of hydrogen-bond donors (Lipinski definition) is 0. The molecular weight excluding hydrogens is 254 g/mol. The predicted molar refractivity (Wildman–Crippen MR) is 74.9 cm³/mol. The molecule has 0 N–H and O–H groups in total. The smallest absolute Gasteiger partial charge is 0.273 e. The quantitative estimate of drug-likeness (QED) is 0.815. The van der Waals surface area contributed by atoms with Crippen molar-refractivity contribution in [3.8, 4) is 0 Å². The molecule has 1 amide bonds. The highest BCUT2D eigenvalue weighted by Gasteiger charge is 2.53. The van der Waals surface area contributed by atoms with Crippen molar-refractivity contribution in [3.63, 3.8) is 0 Å². The summed E-state index contributed by atoms with van der Waals surface area (Å²) in [6.07, 6.45) is 5.28. The van der Waals surface area contributed by atoms with Crippen LogP contribution in [0.15, 0.2) is 18.3 Å². The molecule has 4 heterocycles. The van der Waals surface area contributed by atoms with Gasteiger partial charge in [-0.25, -0.2) is 0 Å². The van der Waals surface area contributed by atoms with Crippen molar-refractivity contribution in [2.45, 2.75) is 24.8 Å². The summed E-state index contributed by atoms with van der Waals surface area (Å²) in [4.78, 5) is 21.1. The molecule has 5 heteroatoms. The standard InChI is InChI=1S/C15H19N3O2/c19-14(18-8-4-15(18)10-20-11-15)13-9-12(3-5-16-13)17-6-1-2-7-17/h3,5,9H,1-2,4,6-8,10-11H2. The van der Waals surface area contributed by atoms with Crippen molar-refractivity contribution >= 4 is 11.6 Å². The van der Waals surface area contributed by atoms with Crippen LogP contribution in [-0.4, -0.2) is 54.2 Å². The molecule has 0 aliphatic carbocycles. The highest BCUT2D eigenvalue weighted by molar-refractivity contribution is 5.94. The third-order valence-corrected chi connectivity index (χ3v) is 4.79. The van der Waals surface area contributed by atoms with Gasteiger partial charge in [-0.3, -0.25) is 9.78 Å². The van der Waals surface area contributed by atoms with E-state index in [1.807, 2.05) is 17.0 Å². The summed E-state index contributed by atoms with van der Waals surface area (Å²) >= 11 is 0. The fourth-order valence-electron chi connectivity index (χ4n) is 3.34. The molecule has 3 fully saturated rings. The maximum Gasteiger partial charge on any atom is 0.273 e. The zero-order valence-electron chi connectivity index (χ0n) is 11.5. The van der Waals surface area contributed by atoms with E-state index >= 15 is 0 Å². The van der Waals surface area contributed by atoms with E-state index in [4.69, 9.17) is 4.74 Å². The number of hydrogen-bond acceptors (Lipinski definition) is 4. The second kappa shape index (κ2) is 4.45. The summed E-state index contributed by atoms with van der Waals surface area (Å²) < 4.78 is 5.28. The van der Waals surface area contributed by atoms with E-state index in [2.05, 4.69) is 9.88 Å². The average molecular weight is 273 g/mol. The van der Waals surface area contributed by atoms with E-state index in [0.717, 1.165) is 31.7 Å². The molecule has 0 aromatic carbocycles. The van der Waals surface area contributed by atoms with Gasteiger partial charge < -0.3 is 14.5 Å². The molecule has 3 aliphatic heterocycles. The van der Waals surface area contributed by atoms with Gasteiger partial charge >= 0.3 is 0 Å². The lowest BCUT2D eigenvalue weighted by Crippen LogP contribution is -2.72. The Kier molecular flexibility index (Phi) is 2.70. The van der Waals surface area contributed by atoms with Gasteiger partial charge in [0.05, 0.1) is 18.8 Å². The molecule has 0 unspecified atom stereocenters. The van der Waals surface area contributed by atoms with Crippen molar-refractivity contribution in [1.82, 2.24) is 9.88 Å². The first kappa shape index (κ1) is 12.1. The number of amides is 1. The monoisotopic (exact) mass is 273 g/mol. The van der Waals surface area contributed by atoms with Crippen molar-refractivity contribution < 1.29 is 9.53 Å². The van der Waals surface area contributed by atoms with Crippen LogP contribution in [0.5, 0.6) is 0 Å². The minimum Gasteiger partial charge on any atom is -0.376 e. The minimum atomic E-state index is -0.0115. The first-order valence-electron chi connectivity index (χ1n) is 7.39. The summed E-state index contributed by atoms with van der Waals surface area (Å²) in [6.45, 7) is 4.37. The van der Waals surface area contributed by atoms with Gasteiger partial charge in [0.1, 0.15) is 5.69 Å².